The number of hydrogen-bond acceptors (Lipinski definition) is 5. The van der Waals surface area contributed by atoms with Crippen molar-refractivity contribution >= 4 is 23.2 Å². The van der Waals surface area contributed by atoms with Gasteiger partial charge in [0.1, 0.15) is 11.4 Å². The minimum atomic E-state index is -4.48. The molecular weight excluding hydrogens is 569 g/mol. The summed E-state index contributed by atoms with van der Waals surface area (Å²) in [6.45, 7) is 5.96. The van der Waals surface area contributed by atoms with Crippen molar-refractivity contribution in [2.24, 2.45) is 0 Å². The summed E-state index contributed by atoms with van der Waals surface area (Å²) >= 11 is 6.53. The van der Waals surface area contributed by atoms with E-state index >= 15 is 0 Å². The minimum absolute atomic E-state index is 0.196. The Morgan fingerprint density at radius 2 is 1.83 bits per heavy atom. The van der Waals surface area contributed by atoms with Crippen LogP contribution in [0, 0.1) is 6.92 Å². The molecule has 0 N–H and O–H groups in total. The Bertz CT molecular complexity index is 1600. The summed E-state index contributed by atoms with van der Waals surface area (Å²) in [4.78, 5) is 22.2. The predicted molar refractivity (Wildman–Crippen MR) is 152 cm³/mol. The van der Waals surface area contributed by atoms with Gasteiger partial charge in [-0.2, -0.15) is 13.2 Å². The number of pyridine rings is 1. The first kappa shape index (κ1) is 28.5. The van der Waals surface area contributed by atoms with E-state index in [-0.39, 0.29) is 18.2 Å². The van der Waals surface area contributed by atoms with Crippen LogP contribution in [0.15, 0.2) is 60.8 Å². The Balaban J connectivity index is 1.25. The van der Waals surface area contributed by atoms with Crippen molar-refractivity contribution in [2.75, 3.05) is 39.5 Å². The monoisotopic (exact) mass is 598 g/mol. The summed E-state index contributed by atoms with van der Waals surface area (Å²) in [6.07, 6.45) is -2.69. The number of benzene rings is 2. The van der Waals surface area contributed by atoms with Crippen molar-refractivity contribution in [3.8, 4) is 5.75 Å². The average Bonchev–Trinajstić information content (AvgIpc) is 3.35. The lowest BCUT2D eigenvalue weighted by atomic mass is 9.94. The lowest BCUT2D eigenvalue weighted by Crippen LogP contribution is -2.43. The Morgan fingerprint density at radius 1 is 1.07 bits per heavy atom. The highest BCUT2D eigenvalue weighted by Gasteiger charge is 2.37. The predicted octanol–water partition coefficient (Wildman–Crippen LogP) is 5.70. The van der Waals surface area contributed by atoms with Crippen molar-refractivity contribution < 1.29 is 27.4 Å². The van der Waals surface area contributed by atoms with Gasteiger partial charge in [0.25, 0.3) is 5.91 Å². The SMILES string of the molecule is Cc1ccc(C2c3c(nc4cc(C(F)(F)F)ccn34)CCN2C(=O)COc2ccc(CN3CCOCC3)cc2Cl)cc1. The van der Waals surface area contributed by atoms with E-state index in [0.29, 0.717) is 48.3 Å². The third-order valence-electron chi connectivity index (χ3n) is 7.80. The molecule has 220 valence electrons. The number of aromatic nitrogens is 2. The maximum atomic E-state index is 13.7. The Hall–Kier alpha value is -3.60. The largest absolute Gasteiger partial charge is 0.482 e. The molecule has 0 bridgehead atoms. The van der Waals surface area contributed by atoms with Crippen LogP contribution in [-0.2, 0) is 28.7 Å². The van der Waals surface area contributed by atoms with E-state index in [1.165, 1.54) is 6.20 Å². The molecule has 2 aliphatic heterocycles. The van der Waals surface area contributed by atoms with E-state index in [2.05, 4.69) is 9.88 Å². The molecule has 1 fully saturated rings. The number of ether oxygens (including phenoxy) is 2. The number of nitrogens with zero attached hydrogens (tertiary/aromatic N) is 4. The number of alkyl halides is 3. The second kappa shape index (κ2) is 11.6. The maximum absolute atomic E-state index is 13.7. The zero-order valence-electron chi connectivity index (χ0n) is 23.0. The fourth-order valence-electron chi connectivity index (χ4n) is 5.62. The fraction of sp³-hybridized carbons (Fsp3) is 0.355. The van der Waals surface area contributed by atoms with Gasteiger partial charge in [0.05, 0.1) is 41.2 Å². The van der Waals surface area contributed by atoms with E-state index in [1.807, 2.05) is 43.3 Å². The maximum Gasteiger partial charge on any atom is 0.416 e. The van der Waals surface area contributed by atoms with Gasteiger partial charge in [0.15, 0.2) is 6.61 Å². The summed E-state index contributed by atoms with van der Waals surface area (Å²) in [5.74, 6) is 0.149. The number of amides is 1. The molecule has 1 saturated heterocycles. The first-order valence-corrected chi connectivity index (χ1v) is 14.2. The van der Waals surface area contributed by atoms with Crippen LogP contribution in [0.2, 0.25) is 5.02 Å². The second-order valence-corrected chi connectivity index (χ2v) is 11.1. The zero-order valence-corrected chi connectivity index (χ0v) is 23.8. The highest BCUT2D eigenvalue weighted by atomic mass is 35.5. The van der Waals surface area contributed by atoms with Gasteiger partial charge in [-0.3, -0.25) is 9.69 Å². The molecule has 4 heterocycles. The number of carbonyl (C=O) groups excluding carboxylic acids is 1. The van der Waals surface area contributed by atoms with Gasteiger partial charge in [0.2, 0.25) is 0 Å². The van der Waals surface area contributed by atoms with Crippen molar-refractivity contribution in [2.45, 2.75) is 32.1 Å². The molecule has 0 saturated carbocycles. The lowest BCUT2D eigenvalue weighted by molar-refractivity contribution is -0.137. The smallest absolute Gasteiger partial charge is 0.416 e. The zero-order chi connectivity index (χ0) is 29.4. The third-order valence-corrected chi connectivity index (χ3v) is 8.09. The van der Waals surface area contributed by atoms with E-state index in [0.717, 1.165) is 48.5 Å². The number of hydrogen-bond donors (Lipinski definition) is 0. The summed E-state index contributed by atoms with van der Waals surface area (Å²) in [6, 6.07) is 14.9. The van der Waals surface area contributed by atoms with E-state index in [4.69, 9.17) is 21.1 Å². The molecule has 1 unspecified atom stereocenters. The number of imidazole rings is 1. The topological polar surface area (TPSA) is 59.3 Å². The fourth-order valence-corrected chi connectivity index (χ4v) is 5.88. The average molecular weight is 599 g/mol. The quantitative estimate of drug-likeness (QED) is 0.285. The number of aryl methyl sites for hydroxylation is 1. The number of halogens is 4. The van der Waals surface area contributed by atoms with Gasteiger partial charge in [-0.15, -0.1) is 0 Å². The molecule has 0 spiro atoms. The van der Waals surface area contributed by atoms with Gasteiger partial charge in [-0.1, -0.05) is 47.5 Å². The van der Waals surface area contributed by atoms with Gasteiger partial charge >= 0.3 is 6.18 Å². The molecule has 42 heavy (non-hydrogen) atoms. The van der Waals surface area contributed by atoms with Crippen molar-refractivity contribution in [1.82, 2.24) is 19.2 Å². The molecule has 2 aromatic heterocycles. The third kappa shape index (κ3) is 5.84. The molecule has 1 atom stereocenters. The number of fused-ring (bicyclic) bond motifs is 3. The van der Waals surface area contributed by atoms with Crippen LogP contribution in [0.4, 0.5) is 13.2 Å². The highest BCUT2D eigenvalue weighted by molar-refractivity contribution is 6.32. The first-order chi connectivity index (χ1) is 20.2. The van der Waals surface area contributed by atoms with Crippen LogP contribution < -0.4 is 4.74 Å². The summed E-state index contributed by atoms with van der Waals surface area (Å²) in [5, 5.41) is 0.423. The molecule has 1 amide bonds. The number of carbonyl (C=O) groups is 1. The molecule has 7 nitrogen and oxygen atoms in total. The Morgan fingerprint density at radius 3 is 2.55 bits per heavy atom. The van der Waals surface area contributed by atoms with Crippen molar-refractivity contribution in [3.05, 3.63) is 99.5 Å². The van der Waals surface area contributed by atoms with E-state index in [9.17, 15) is 18.0 Å². The van der Waals surface area contributed by atoms with Crippen LogP contribution in [0.5, 0.6) is 5.75 Å². The van der Waals surface area contributed by atoms with Crippen molar-refractivity contribution in [1.29, 1.82) is 0 Å². The Kier molecular flexibility index (Phi) is 7.87. The molecule has 6 rings (SSSR count). The van der Waals surface area contributed by atoms with Crippen LogP contribution >= 0.6 is 11.6 Å². The molecular formula is C31H30ClF3N4O3. The molecule has 2 aromatic carbocycles. The molecule has 4 aromatic rings. The van der Waals surface area contributed by atoms with Gasteiger partial charge in [-0.25, -0.2) is 4.98 Å². The standard InChI is InChI=1S/C31H30ClF3N4O3/c1-20-2-5-22(6-3-20)29-30-25(36-27-17-23(31(33,34)35)8-10-38(27)30)9-11-39(29)28(40)19-42-26-7-4-21(16-24(26)32)18-37-12-14-41-15-13-37/h2-8,10,16-17,29H,9,11-15,18-19H2,1H3. The van der Waals surface area contributed by atoms with E-state index < -0.39 is 17.8 Å². The molecule has 11 heteroatoms. The molecule has 2 aliphatic rings. The van der Waals surface area contributed by atoms with Crippen LogP contribution in [-0.4, -0.2) is 64.5 Å². The van der Waals surface area contributed by atoms with Crippen molar-refractivity contribution in [3.63, 3.8) is 0 Å². The molecule has 0 radical (unpaired) electrons. The molecule has 0 aliphatic carbocycles. The van der Waals surface area contributed by atoms with Gasteiger partial charge in [0, 0.05) is 38.8 Å². The van der Waals surface area contributed by atoms with Crippen LogP contribution in [0.1, 0.15) is 39.7 Å². The normalized spacial score (nSPS) is 17.8. The van der Waals surface area contributed by atoms with Crippen LogP contribution in [0.25, 0.3) is 5.65 Å². The van der Waals surface area contributed by atoms with Crippen LogP contribution in [0.3, 0.4) is 0 Å². The van der Waals surface area contributed by atoms with Gasteiger partial charge in [-0.05, 0) is 42.3 Å². The Labute approximate surface area is 246 Å². The lowest BCUT2D eigenvalue weighted by Gasteiger charge is -2.36. The van der Waals surface area contributed by atoms with E-state index in [1.54, 1.807) is 15.4 Å². The summed E-state index contributed by atoms with van der Waals surface area (Å²) < 4.78 is 53.2. The highest BCUT2D eigenvalue weighted by Crippen LogP contribution is 2.38. The minimum Gasteiger partial charge on any atom is -0.482 e. The number of morpholine rings is 1. The summed E-state index contributed by atoms with van der Waals surface area (Å²) in [5.41, 5.74) is 3.71. The number of rotatable bonds is 6. The van der Waals surface area contributed by atoms with Gasteiger partial charge < -0.3 is 18.8 Å². The summed E-state index contributed by atoms with van der Waals surface area (Å²) in [7, 11) is 0. The second-order valence-electron chi connectivity index (χ2n) is 10.7. The first-order valence-electron chi connectivity index (χ1n) is 13.8.